The van der Waals surface area contributed by atoms with Crippen molar-refractivity contribution < 1.29 is 21.2 Å². The standard InChI is InChI=1S/C8H11FN2O4S2/c1-16(12,13)6-5-11-17(14,15)8-7(9)3-2-4-10-8/h2-4,11H,5-6H2,1H3. The minimum absolute atomic E-state index is 0.322. The molecule has 0 saturated heterocycles. The molecule has 96 valence electrons. The van der Waals surface area contributed by atoms with E-state index < -0.39 is 30.7 Å². The molecule has 1 N–H and O–H groups in total. The lowest BCUT2D eigenvalue weighted by molar-refractivity contribution is 0.546. The maximum atomic E-state index is 13.1. The smallest absolute Gasteiger partial charge is 0.241 e. The molecule has 1 aromatic heterocycles. The van der Waals surface area contributed by atoms with E-state index in [-0.39, 0.29) is 12.3 Å². The predicted octanol–water partition coefficient (Wildman–Crippen LogP) is -0.456. The van der Waals surface area contributed by atoms with Crippen LogP contribution in [0.15, 0.2) is 23.4 Å². The second-order valence-electron chi connectivity index (χ2n) is 3.32. The molecule has 9 heteroatoms. The molecular formula is C8H11FN2O4S2. The zero-order chi connectivity index (χ0) is 13.1. The first kappa shape index (κ1) is 14.0. The van der Waals surface area contributed by atoms with Crippen molar-refractivity contribution >= 4 is 19.9 Å². The molecule has 0 unspecified atom stereocenters. The molecule has 0 amide bonds. The summed E-state index contributed by atoms with van der Waals surface area (Å²) >= 11 is 0. The largest absolute Gasteiger partial charge is 0.261 e. The van der Waals surface area contributed by atoms with Crippen molar-refractivity contribution in [2.45, 2.75) is 5.03 Å². The fourth-order valence-corrected chi connectivity index (χ4v) is 2.63. The summed E-state index contributed by atoms with van der Waals surface area (Å²) in [6.45, 7) is -0.322. The van der Waals surface area contributed by atoms with Crippen LogP contribution < -0.4 is 4.72 Å². The molecule has 0 spiro atoms. The molecule has 1 heterocycles. The van der Waals surface area contributed by atoms with Gasteiger partial charge in [0.15, 0.2) is 5.82 Å². The van der Waals surface area contributed by atoms with E-state index in [0.29, 0.717) is 0 Å². The fraction of sp³-hybridized carbons (Fsp3) is 0.375. The van der Waals surface area contributed by atoms with Crippen LogP contribution in [-0.4, -0.2) is 40.4 Å². The third-order valence-corrected chi connectivity index (χ3v) is 4.08. The Bertz CT molecular complexity index is 598. The molecule has 0 aliphatic heterocycles. The molecule has 0 radical (unpaired) electrons. The number of sulfonamides is 1. The van der Waals surface area contributed by atoms with Crippen LogP contribution in [0.25, 0.3) is 0 Å². The van der Waals surface area contributed by atoms with Crippen LogP contribution in [0.5, 0.6) is 0 Å². The average Bonchev–Trinajstić information content (AvgIpc) is 2.15. The Labute approximate surface area is 98.8 Å². The van der Waals surface area contributed by atoms with Crippen molar-refractivity contribution in [3.05, 3.63) is 24.1 Å². The van der Waals surface area contributed by atoms with Gasteiger partial charge in [-0.2, -0.15) is 0 Å². The number of nitrogens with zero attached hydrogens (tertiary/aromatic N) is 1. The van der Waals surface area contributed by atoms with Gasteiger partial charge in [-0.25, -0.2) is 30.9 Å². The molecule has 1 rings (SSSR count). The first-order valence-corrected chi connectivity index (χ1v) is 8.05. The highest BCUT2D eigenvalue weighted by atomic mass is 32.2. The van der Waals surface area contributed by atoms with E-state index in [4.69, 9.17) is 0 Å². The summed E-state index contributed by atoms with van der Waals surface area (Å²) in [5.41, 5.74) is 0. The van der Waals surface area contributed by atoms with Crippen molar-refractivity contribution in [2.75, 3.05) is 18.6 Å². The molecule has 0 aliphatic rings. The summed E-state index contributed by atoms with van der Waals surface area (Å²) < 4.78 is 59.8. The first-order chi connectivity index (χ1) is 7.72. The number of pyridine rings is 1. The number of sulfone groups is 1. The van der Waals surface area contributed by atoms with E-state index >= 15 is 0 Å². The molecule has 0 atom stereocenters. The molecule has 0 fully saturated rings. The van der Waals surface area contributed by atoms with Crippen LogP contribution in [0.4, 0.5) is 4.39 Å². The number of hydrogen-bond donors (Lipinski definition) is 1. The molecule has 0 saturated carbocycles. The Balaban J connectivity index is 2.81. The number of aromatic nitrogens is 1. The minimum atomic E-state index is -4.11. The van der Waals surface area contributed by atoms with Crippen LogP contribution in [0.3, 0.4) is 0 Å². The van der Waals surface area contributed by atoms with E-state index in [1.807, 2.05) is 4.72 Å². The van der Waals surface area contributed by atoms with Gasteiger partial charge in [-0.15, -0.1) is 0 Å². The molecule has 0 bridgehead atoms. The van der Waals surface area contributed by atoms with Gasteiger partial charge in [-0.05, 0) is 12.1 Å². The Morgan fingerprint density at radius 2 is 2.00 bits per heavy atom. The lowest BCUT2D eigenvalue weighted by Crippen LogP contribution is -2.30. The molecular weight excluding hydrogens is 271 g/mol. The van der Waals surface area contributed by atoms with Gasteiger partial charge in [-0.1, -0.05) is 0 Å². The normalized spacial score (nSPS) is 12.6. The van der Waals surface area contributed by atoms with Gasteiger partial charge in [-0.3, -0.25) is 0 Å². The summed E-state index contributed by atoms with van der Waals surface area (Å²) in [5.74, 6) is -1.35. The Morgan fingerprint density at radius 3 is 2.53 bits per heavy atom. The summed E-state index contributed by atoms with van der Waals surface area (Å²) in [7, 11) is -7.39. The van der Waals surface area contributed by atoms with Crippen LogP contribution in [0, 0.1) is 5.82 Å². The van der Waals surface area contributed by atoms with Crippen LogP contribution >= 0.6 is 0 Å². The second kappa shape index (κ2) is 5.07. The van der Waals surface area contributed by atoms with Gasteiger partial charge in [0, 0.05) is 19.0 Å². The highest BCUT2D eigenvalue weighted by Gasteiger charge is 2.20. The summed E-state index contributed by atoms with van der Waals surface area (Å²) in [6, 6.07) is 2.21. The average molecular weight is 282 g/mol. The molecule has 1 aromatic rings. The Morgan fingerprint density at radius 1 is 1.35 bits per heavy atom. The Hall–Kier alpha value is -1.06. The summed E-state index contributed by atoms with van der Waals surface area (Å²) in [5, 5.41) is -0.742. The fourth-order valence-electron chi connectivity index (χ4n) is 0.999. The maximum Gasteiger partial charge on any atom is 0.261 e. The molecule has 6 nitrogen and oxygen atoms in total. The van der Waals surface area contributed by atoms with E-state index in [1.54, 1.807) is 0 Å². The van der Waals surface area contributed by atoms with Gasteiger partial charge >= 0.3 is 0 Å². The van der Waals surface area contributed by atoms with Crippen molar-refractivity contribution in [3.63, 3.8) is 0 Å². The topological polar surface area (TPSA) is 93.2 Å². The lowest BCUT2D eigenvalue weighted by Gasteiger charge is -2.05. The second-order valence-corrected chi connectivity index (χ2v) is 7.26. The minimum Gasteiger partial charge on any atom is -0.241 e. The van der Waals surface area contributed by atoms with Crippen molar-refractivity contribution in [1.29, 1.82) is 0 Å². The number of hydrogen-bond acceptors (Lipinski definition) is 5. The predicted molar refractivity (Wildman–Crippen MR) is 59.1 cm³/mol. The van der Waals surface area contributed by atoms with E-state index in [0.717, 1.165) is 18.5 Å². The van der Waals surface area contributed by atoms with Crippen molar-refractivity contribution in [1.82, 2.24) is 9.71 Å². The van der Waals surface area contributed by atoms with Crippen LogP contribution in [-0.2, 0) is 19.9 Å². The van der Waals surface area contributed by atoms with E-state index in [2.05, 4.69) is 4.98 Å². The third-order valence-electron chi connectivity index (χ3n) is 1.74. The molecule has 0 aromatic carbocycles. The van der Waals surface area contributed by atoms with Crippen molar-refractivity contribution in [2.24, 2.45) is 0 Å². The number of rotatable bonds is 5. The zero-order valence-electron chi connectivity index (χ0n) is 8.92. The lowest BCUT2D eigenvalue weighted by atomic mass is 10.5. The number of halogens is 1. The quantitative estimate of drug-likeness (QED) is 0.789. The van der Waals surface area contributed by atoms with Gasteiger partial charge in [0.2, 0.25) is 5.03 Å². The van der Waals surface area contributed by atoms with Crippen LogP contribution in [0.2, 0.25) is 0 Å². The Kier molecular flexibility index (Phi) is 4.17. The van der Waals surface area contributed by atoms with E-state index in [9.17, 15) is 21.2 Å². The highest BCUT2D eigenvalue weighted by Crippen LogP contribution is 2.09. The maximum absolute atomic E-state index is 13.1. The van der Waals surface area contributed by atoms with Crippen LogP contribution in [0.1, 0.15) is 0 Å². The van der Waals surface area contributed by atoms with Crippen molar-refractivity contribution in [3.8, 4) is 0 Å². The van der Waals surface area contributed by atoms with E-state index in [1.165, 1.54) is 6.07 Å². The monoisotopic (exact) mass is 282 g/mol. The summed E-state index contributed by atoms with van der Waals surface area (Å²) in [6.07, 6.45) is 2.11. The third kappa shape index (κ3) is 4.36. The zero-order valence-corrected chi connectivity index (χ0v) is 10.6. The molecule has 0 aliphatic carbocycles. The van der Waals surface area contributed by atoms with Gasteiger partial charge in [0.1, 0.15) is 9.84 Å². The molecule has 17 heavy (non-hydrogen) atoms. The SMILES string of the molecule is CS(=O)(=O)CCNS(=O)(=O)c1ncccc1F. The highest BCUT2D eigenvalue weighted by molar-refractivity contribution is 7.91. The van der Waals surface area contributed by atoms with Gasteiger partial charge in [0.25, 0.3) is 10.0 Å². The first-order valence-electron chi connectivity index (χ1n) is 4.50. The van der Waals surface area contributed by atoms with Gasteiger partial charge in [0.05, 0.1) is 5.75 Å². The number of nitrogens with one attached hydrogen (secondary N) is 1. The van der Waals surface area contributed by atoms with Gasteiger partial charge < -0.3 is 0 Å². The summed E-state index contributed by atoms with van der Waals surface area (Å²) in [4.78, 5) is 3.39.